The van der Waals surface area contributed by atoms with E-state index in [0.29, 0.717) is 17.4 Å². The zero-order chi connectivity index (χ0) is 57.0. The first kappa shape index (κ1) is 76.2. The van der Waals surface area contributed by atoms with Crippen LogP contribution in [0.2, 0.25) is 0 Å². The molecule has 0 aliphatic rings. The first-order valence-corrected chi connectivity index (χ1v) is 35.2. The average Bonchev–Trinajstić information content (AvgIpc) is 3.41. The maximum atomic E-state index is 12.8. The molecule has 0 aromatic rings. The predicted octanol–water partition coefficient (Wildman–Crippen LogP) is 20.9. The highest BCUT2D eigenvalue weighted by Gasteiger charge is 2.22. The van der Waals surface area contributed by atoms with Gasteiger partial charge in [-0.3, -0.25) is 14.2 Å². The Morgan fingerprint density at radius 3 is 1.03 bits per heavy atom. The van der Waals surface area contributed by atoms with Crippen molar-refractivity contribution in [2.45, 2.75) is 341 Å². The van der Waals surface area contributed by atoms with Crippen LogP contribution in [0.1, 0.15) is 335 Å². The number of allylic oxidation sites excluding steroid dienone is 6. The summed E-state index contributed by atoms with van der Waals surface area (Å²) in [6.45, 7) is 4.29. The van der Waals surface area contributed by atoms with Crippen LogP contribution in [0.5, 0.6) is 0 Å². The van der Waals surface area contributed by atoms with Gasteiger partial charge in [-0.2, -0.15) is 0 Å². The number of carbonyl (C=O) groups is 2. The number of likely N-dealkylation sites (N-methyl/N-ethyl adjacent to an activating group) is 1. The zero-order valence-corrected chi connectivity index (χ0v) is 53.3. The van der Waals surface area contributed by atoms with Crippen molar-refractivity contribution < 1.29 is 42.1 Å². The van der Waals surface area contributed by atoms with E-state index in [-0.39, 0.29) is 32.0 Å². The van der Waals surface area contributed by atoms with E-state index in [9.17, 15) is 19.0 Å². The van der Waals surface area contributed by atoms with Crippen molar-refractivity contribution in [2.75, 3.05) is 47.5 Å². The fraction of sp³-hybridized carbons (Fsp3) is 0.882. The number of phosphoric acid groups is 1. The van der Waals surface area contributed by atoms with E-state index in [0.717, 1.165) is 44.9 Å². The minimum Gasteiger partial charge on any atom is -0.756 e. The van der Waals surface area contributed by atoms with Crippen LogP contribution >= 0.6 is 7.82 Å². The van der Waals surface area contributed by atoms with Gasteiger partial charge in [0.2, 0.25) is 0 Å². The van der Waals surface area contributed by atoms with Crippen molar-refractivity contribution in [2.24, 2.45) is 0 Å². The molecule has 0 radical (unpaired) electrons. The quantitative estimate of drug-likeness (QED) is 0.0195. The van der Waals surface area contributed by atoms with Crippen molar-refractivity contribution >= 4 is 19.8 Å². The first-order chi connectivity index (χ1) is 38.0. The van der Waals surface area contributed by atoms with Crippen molar-refractivity contribution in [3.63, 3.8) is 0 Å². The molecule has 0 rings (SSSR count). The molecule has 0 aromatic heterocycles. The maximum absolute atomic E-state index is 12.8. The fourth-order valence-electron chi connectivity index (χ4n) is 9.92. The van der Waals surface area contributed by atoms with Crippen LogP contribution in [0.4, 0.5) is 0 Å². The average molecular weight is 1120 g/mol. The van der Waals surface area contributed by atoms with Gasteiger partial charge >= 0.3 is 11.9 Å². The smallest absolute Gasteiger partial charge is 0.306 e. The van der Waals surface area contributed by atoms with E-state index < -0.39 is 26.5 Å². The number of hydrogen-bond acceptors (Lipinski definition) is 8. The van der Waals surface area contributed by atoms with E-state index in [1.807, 2.05) is 21.1 Å². The summed E-state index contributed by atoms with van der Waals surface area (Å²) >= 11 is 0. The topological polar surface area (TPSA) is 111 Å². The SMILES string of the molecule is CCCCCCC/C=C\C/C=C\CCCCCCCCCCCCCCCCCC(=O)OC(COC(=O)CCCCCCCCCCCCCCCCC/C=C\CCCCCCCCCC)COP(=O)([O-])OCC[N+](C)(C)C. The van der Waals surface area contributed by atoms with Crippen molar-refractivity contribution in [1.82, 2.24) is 0 Å². The Bertz CT molecular complexity index is 1410. The maximum Gasteiger partial charge on any atom is 0.306 e. The monoisotopic (exact) mass is 1120 g/mol. The molecule has 2 atom stereocenters. The third-order valence-corrected chi connectivity index (χ3v) is 16.1. The molecule has 0 aliphatic heterocycles. The van der Waals surface area contributed by atoms with Crippen molar-refractivity contribution in [3.8, 4) is 0 Å². The van der Waals surface area contributed by atoms with Crippen LogP contribution < -0.4 is 4.89 Å². The summed E-state index contributed by atoms with van der Waals surface area (Å²) in [5, 5.41) is 0. The van der Waals surface area contributed by atoms with Crippen LogP contribution in [0, 0.1) is 0 Å². The Labute approximate surface area is 484 Å². The van der Waals surface area contributed by atoms with Gasteiger partial charge in [-0.05, 0) is 70.6 Å². The molecule has 0 bridgehead atoms. The van der Waals surface area contributed by atoms with Crippen LogP contribution in [0.15, 0.2) is 36.5 Å². The molecule has 0 spiro atoms. The largest absolute Gasteiger partial charge is 0.756 e. The molecule has 78 heavy (non-hydrogen) atoms. The third-order valence-electron chi connectivity index (χ3n) is 15.1. The summed E-state index contributed by atoms with van der Waals surface area (Å²) in [6, 6.07) is 0. The lowest BCUT2D eigenvalue weighted by Crippen LogP contribution is -2.37. The lowest BCUT2D eigenvalue weighted by Gasteiger charge is -2.28. The number of hydrogen-bond donors (Lipinski definition) is 0. The Balaban J connectivity index is 4.04. The minimum atomic E-state index is -4.64. The number of esters is 2. The summed E-state index contributed by atoms with van der Waals surface area (Å²) in [7, 11) is 1.18. The molecule has 0 aliphatic carbocycles. The van der Waals surface area contributed by atoms with Gasteiger partial charge in [-0.25, -0.2) is 0 Å². The number of unbranched alkanes of at least 4 members (excludes halogenated alkanes) is 43. The summed E-state index contributed by atoms with van der Waals surface area (Å²) in [4.78, 5) is 38.0. The van der Waals surface area contributed by atoms with Crippen LogP contribution in [0.25, 0.3) is 0 Å². The molecule has 0 aromatic carbocycles. The fourth-order valence-corrected chi connectivity index (χ4v) is 10.6. The van der Waals surface area contributed by atoms with Crippen LogP contribution in [-0.4, -0.2) is 70.0 Å². The molecule has 460 valence electrons. The van der Waals surface area contributed by atoms with Gasteiger partial charge in [0, 0.05) is 12.8 Å². The molecule has 0 saturated carbocycles. The molecule has 0 amide bonds. The number of phosphoric ester groups is 1. The Morgan fingerprint density at radius 1 is 0.397 bits per heavy atom. The molecule has 0 saturated heterocycles. The zero-order valence-electron chi connectivity index (χ0n) is 52.4. The van der Waals surface area contributed by atoms with E-state index >= 15 is 0 Å². The van der Waals surface area contributed by atoms with Gasteiger partial charge in [-0.15, -0.1) is 0 Å². The molecule has 0 fully saturated rings. The number of rotatable bonds is 63. The highest BCUT2D eigenvalue weighted by molar-refractivity contribution is 7.45. The Kier molecular flexibility index (Phi) is 58.5. The molecular weight excluding hydrogens is 990 g/mol. The molecule has 10 heteroatoms. The van der Waals surface area contributed by atoms with E-state index in [2.05, 4.69) is 50.3 Å². The van der Waals surface area contributed by atoms with Gasteiger partial charge < -0.3 is 27.9 Å². The second-order valence-electron chi connectivity index (χ2n) is 24.2. The molecule has 9 nitrogen and oxygen atoms in total. The number of nitrogens with zero attached hydrogens (tertiary/aromatic N) is 1. The Morgan fingerprint density at radius 2 is 0.692 bits per heavy atom. The van der Waals surface area contributed by atoms with Crippen molar-refractivity contribution in [1.29, 1.82) is 0 Å². The second kappa shape index (κ2) is 59.8. The minimum absolute atomic E-state index is 0.0287. The van der Waals surface area contributed by atoms with Gasteiger partial charge in [0.25, 0.3) is 7.82 Å². The van der Waals surface area contributed by atoms with Crippen LogP contribution in [0.3, 0.4) is 0 Å². The molecule has 0 heterocycles. The second-order valence-corrected chi connectivity index (χ2v) is 25.6. The molecular formula is C68H130NO8P. The number of quaternary nitrogens is 1. The van der Waals surface area contributed by atoms with Gasteiger partial charge in [-0.1, -0.05) is 288 Å². The molecule has 0 N–H and O–H groups in total. The highest BCUT2D eigenvalue weighted by Crippen LogP contribution is 2.38. The lowest BCUT2D eigenvalue weighted by molar-refractivity contribution is -0.870. The van der Waals surface area contributed by atoms with E-state index in [1.54, 1.807) is 0 Å². The van der Waals surface area contributed by atoms with E-state index in [4.69, 9.17) is 18.5 Å². The standard InChI is InChI=1S/C68H130NO8P/c1-6-8-10-12-14-16-18-20-22-24-26-28-30-32-34-36-38-40-42-44-46-48-50-52-54-56-58-60-67(70)74-64-66(65-76-78(72,73)75-63-62-69(3,4)5)77-68(71)61-59-57-55-53-51-49-47-45-43-41-39-37-35-33-31-29-27-25-23-21-19-17-15-13-11-9-7-2/h19,21,24-27,66H,6-18,20,22-23,28-65H2,1-5H3/b21-19-,26-24-,27-25-. The molecule has 2 unspecified atom stereocenters. The number of ether oxygens (including phenoxy) is 2. The summed E-state index contributed by atoms with van der Waals surface area (Å²) in [5.41, 5.74) is 0. The van der Waals surface area contributed by atoms with E-state index in [1.165, 1.54) is 257 Å². The predicted molar refractivity (Wildman–Crippen MR) is 333 cm³/mol. The summed E-state index contributed by atoms with van der Waals surface area (Å²) in [5.74, 6) is -0.815. The normalized spacial score (nSPS) is 13.4. The number of carbonyl (C=O) groups excluding carboxylic acids is 2. The third kappa shape index (κ3) is 63.4. The summed E-state index contributed by atoms with van der Waals surface area (Å²) < 4.78 is 34.3. The highest BCUT2D eigenvalue weighted by atomic mass is 31.2. The Hall–Kier alpha value is -1.77. The van der Waals surface area contributed by atoms with Gasteiger partial charge in [0.15, 0.2) is 6.10 Å². The van der Waals surface area contributed by atoms with Crippen LogP contribution in [-0.2, 0) is 32.7 Å². The van der Waals surface area contributed by atoms with Gasteiger partial charge in [0.05, 0.1) is 27.7 Å². The van der Waals surface area contributed by atoms with Gasteiger partial charge in [0.1, 0.15) is 19.8 Å². The van der Waals surface area contributed by atoms with Crippen molar-refractivity contribution in [3.05, 3.63) is 36.5 Å². The first-order valence-electron chi connectivity index (χ1n) is 33.7. The summed E-state index contributed by atoms with van der Waals surface area (Å²) in [6.07, 6.45) is 75.0. The lowest BCUT2D eigenvalue weighted by atomic mass is 10.0.